The summed E-state index contributed by atoms with van der Waals surface area (Å²) in [6, 6.07) is -0.0336. The number of hydrogen-bond donors (Lipinski definition) is 1. The smallest absolute Gasteiger partial charge is 0.0834 e. The standard InChI is InChI=1S/C13H24ClN3O/c1-3-4-5-6-7-12(15)13-11(14)10-16-17(13)8-9-18-2/h10,12H,3-9,15H2,1-2H3. The van der Waals surface area contributed by atoms with Crippen LogP contribution in [0.25, 0.3) is 0 Å². The Bertz CT molecular complexity index is 341. The van der Waals surface area contributed by atoms with Crippen molar-refractivity contribution >= 4 is 11.6 Å². The maximum absolute atomic E-state index is 6.21. The Labute approximate surface area is 114 Å². The normalized spacial score (nSPS) is 12.9. The second-order valence-electron chi connectivity index (χ2n) is 4.55. The number of aromatic nitrogens is 2. The van der Waals surface area contributed by atoms with E-state index in [4.69, 9.17) is 22.1 Å². The largest absolute Gasteiger partial charge is 0.383 e. The molecule has 0 aliphatic rings. The highest BCUT2D eigenvalue weighted by Crippen LogP contribution is 2.25. The van der Waals surface area contributed by atoms with Gasteiger partial charge in [-0.05, 0) is 6.42 Å². The van der Waals surface area contributed by atoms with Gasteiger partial charge in [0.25, 0.3) is 0 Å². The molecule has 0 radical (unpaired) electrons. The van der Waals surface area contributed by atoms with Gasteiger partial charge in [0, 0.05) is 13.2 Å². The first-order chi connectivity index (χ1) is 8.70. The SMILES string of the molecule is CCCCCCC(N)c1c(Cl)cnn1CCOC. The van der Waals surface area contributed by atoms with Crippen LogP contribution in [0.4, 0.5) is 0 Å². The van der Waals surface area contributed by atoms with Crippen LogP contribution in [-0.2, 0) is 11.3 Å². The van der Waals surface area contributed by atoms with Gasteiger partial charge in [0.1, 0.15) is 0 Å². The molecule has 0 aliphatic carbocycles. The van der Waals surface area contributed by atoms with Crippen molar-refractivity contribution in [2.45, 2.75) is 51.6 Å². The summed E-state index contributed by atoms with van der Waals surface area (Å²) in [6.45, 7) is 3.52. The topological polar surface area (TPSA) is 53.1 Å². The third-order valence-corrected chi connectivity index (χ3v) is 3.35. The van der Waals surface area contributed by atoms with E-state index in [1.54, 1.807) is 13.3 Å². The molecule has 1 aromatic heterocycles. The molecular formula is C13H24ClN3O. The molecule has 0 spiro atoms. The molecule has 1 aromatic rings. The maximum Gasteiger partial charge on any atom is 0.0834 e. The fourth-order valence-electron chi connectivity index (χ4n) is 2.02. The zero-order valence-corrected chi connectivity index (χ0v) is 12.1. The van der Waals surface area contributed by atoms with Crippen molar-refractivity contribution in [3.8, 4) is 0 Å². The molecule has 0 saturated carbocycles. The van der Waals surface area contributed by atoms with E-state index in [1.807, 2.05) is 4.68 Å². The summed E-state index contributed by atoms with van der Waals surface area (Å²) in [5, 5.41) is 4.90. The van der Waals surface area contributed by atoms with E-state index < -0.39 is 0 Å². The molecule has 1 unspecified atom stereocenters. The van der Waals surface area contributed by atoms with Crippen molar-refractivity contribution in [2.24, 2.45) is 5.73 Å². The van der Waals surface area contributed by atoms with Crippen molar-refractivity contribution in [2.75, 3.05) is 13.7 Å². The van der Waals surface area contributed by atoms with E-state index in [0.717, 1.165) is 18.5 Å². The van der Waals surface area contributed by atoms with E-state index in [1.165, 1.54) is 19.3 Å². The Morgan fingerprint density at radius 1 is 1.44 bits per heavy atom. The van der Waals surface area contributed by atoms with Gasteiger partial charge in [-0.25, -0.2) is 0 Å². The minimum absolute atomic E-state index is 0.0336. The van der Waals surface area contributed by atoms with E-state index in [2.05, 4.69) is 12.0 Å². The highest BCUT2D eigenvalue weighted by Gasteiger charge is 2.16. The predicted molar refractivity (Wildman–Crippen MR) is 74.8 cm³/mol. The van der Waals surface area contributed by atoms with Gasteiger partial charge in [-0.3, -0.25) is 4.68 Å². The lowest BCUT2D eigenvalue weighted by molar-refractivity contribution is 0.182. The molecule has 0 aromatic carbocycles. The van der Waals surface area contributed by atoms with Crippen LogP contribution in [0.1, 0.15) is 50.8 Å². The molecule has 5 heteroatoms. The number of nitrogens with zero attached hydrogens (tertiary/aromatic N) is 2. The van der Waals surface area contributed by atoms with E-state index in [-0.39, 0.29) is 6.04 Å². The van der Waals surface area contributed by atoms with Crippen LogP contribution >= 0.6 is 11.6 Å². The van der Waals surface area contributed by atoms with Gasteiger partial charge in [-0.15, -0.1) is 0 Å². The van der Waals surface area contributed by atoms with Gasteiger partial charge >= 0.3 is 0 Å². The highest BCUT2D eigenvalue weighted by atomic mass is 35.5. The summed E-state index contributed by atoms with van der Waals surface area (Å²) >= 11 is 6.15. The highest BCUT2D eigenvalue weighted by molar-refractivity contribution is 6.31. The lowest BCUT2D eigenvalue weighted by Gasteiger charge is -2.14. The number of ether oxygens (including phenoxy) is 1. The molecule has 0 aliphatic heterocycles. The van der Waals surface area contributed by atoms with E-state index in [0.29, 0.717) is 18.2 Å². The Kier molecular flexibility index (Phi) is 7.32. The molecule has 18 heavy (non-hydrogen) atoms. The second-order valence-corrected chi connectivity index (χ2v) is 4.96. The second kappa shape index (κ2) is 8.51. The lowest BCUT2D eigenvalue weighted by Crippen LogP contribution is -2.18. The number of rotatable bonds is 9. The quantitative estimate of drug-likeness (QED) is 0.703. The van der Waals surface area contributed by atoms with Gasteiger partial charge in [-0.2, -0.15) is 5.10 Å². The summed E-state index contributed by atoms with van der Waals surface area (Å²) in [4.78, 5) is 0. The number of halogens is 1. The summed E-state index contributed by atoms with van der Waals surface area (Å²) in [6.07, 6.45) is 7.50. The molecule has 104 valence electrons. The monoisotopic (exact) mass is 273 g/mol. The number of methoxy groups -OCH3 is 1. The van der Waals surface area contributed by atoms with Crippen LogP contribution in [0, 0.1) is 0 Å². The van der Waals surface area contributed by atoms with Crippen molar-refractivity contribution in [1.82, 2.24) is 9.78 Å². The van der Waals surface area contributed by atoms with E-state index >= 15 is 0 Å². The summed E-state index contributed by atoms with van der Waals surface area (Å²) < 4.78 is 6.92. The molecule has 0 bridgehead atoms. The molecule has 0 amide bonds. The Morgan fingerprint density at radius 3 is 2.89 bits per heavy atom. The first-order valence-corrected chi connectivity index (χ1v) is 7.04. The summed E-state index contributed by atoms with van der Waals surface area (Å²) in [5.41, 5.74) is 7.14. The first kappa shape index (κ1) is 15.5. The molecule has 4 nitrogen and oxygen atoms in total. The fourth-order valence-corrected chi connectivity index (χ4v) is 2.31. The van der Waals surface area contributed by atoms with E-state index in [9.17, 15) is 0 Å². The van der Waals surface area contributed by atoms with Crippen molar-refractivity contribution in [1.29, 1.82) is 0 Å². The predicted octanol–water partition coefficient (Wildman–Crippen LogP) is 3.15. The number of nitrogens with two attached hydrogens (primary N) is 1. The summed E-state index contributed by atoms with van der Waals surface area (Å²) in [5.74, 6) is 0. The van der Waals surface area contributed by atoms with Gasteiger partial charge < -0.3 is 10.5 Å². The van der Waals surface area contributed by atoms with Gasteiger partial charge in [0.05, 0.1) is 30.1 Å². The molecule has 2 N–H and O–H groups in total. The minimum Gasteiger partial charge on any atom is -0.383 e. The molecule has 0 fully saturated rings. The van der Waals surface area contributed by atoms with Crippen LogP contribution in [0.5, 0.6) is 0 Å². The number of hydrogen-bond acceptors (Lipinski definition) is 3. The molecule has 1 heterocycles. The minimum atomic E-state index is -0.0336. The Balaban J connectivity index is 2.54. The Morgan fingerprint density at radius 2 is 2.22 bits per heavy atom. The third-order valence-electron chi connectivity index (χ3n) is 3.06. The first-order valence-electron chi connectivity index (χ1n) is 6.66. The zero-order chi connectivity index (χ0) is 13.4. The van der Waals surface area contributed by atoms with Crippen molar-refractivity contribution < 1.29 is 4.74 Å². The molecule has 1 atom stereocenters. The average molecular weight is 274 g/mol. The van der Waals surface area contributed by atoms with Crippen LogP contribution in [-0.4, -0.2) is 23.5 Å². The van der Waals surface area contributed by atoms with Crippen LogP contribution in [0.15, 0.2) is 6.20 Å². The van der Waals surface area contributed by atoms with Gasteiger partial charge in [0.15, 0.2) is 0 Å². The maximum atomic E-state index is 6.21. The Hall–Kier alpha value is -0.580. The van der Waals surface area contributed by atoms with Crippen molar-refractivity contribution in [3.63, 3.8) is 0 Å². The third kappa shape index (κ3) is 4.59. The molecule has 1 rings (SSSR count). The van der Waals surface area contributed by atoms with Crippen molar-refractivity contribution in [3.05, 3.63) is 16.9 Å². The van der Waals surface area contributed by atoms with Gasteiger partial charge in [-0.1, -0.05) is 44.2 Å². The summed E-state index contributed by atoms with van der Waals surface area (Å²) in [7, 11) is 1.68. The fraction of sp³-hybridized carbons (Fsp3) is 0.769. The molecular weight excluding hydrogens is 250 g/mol. The zero-order valence-electron chi connectivity index (χ0n) is 11.4. The lowest BCUT2D eigenvalue weighted by atomic mass is 10.1. The average Bonchev–Trinajstić information content (AvgIpc) is 2.73. The van der Waals surface area contributed by atoms with Crippen LogP contribution in [0.3, 0.4) is 0 Å². The van der Waals surface area contributed by atoms with Gasteiger partial charge in [0.2, 0.25) is 0 Å². The number of unbranched alkanes of at least 4 members (excludes halogenated alkanes) is 3. The van der Waals surface area contributed by atoms with Crippen LogP contribution in [0.2, 0.25) is 5.02 Å². The van der Waals surface area contributed by atoms with Crippen LogP contribution < -0.4 is 5.73 Å². The molecule has 0 saturated heterocycles.